The summed E-state index contributed by atoms with van der Waals surface area (Å²) in [6.07, 6.45) is 2.59. The molecule has 0 N–H and O–H groups in total. The van der Waals surface area contributed by atoms with Crippen LogP contribution < -0.4 is 0 Å². The van der Waals surface area contributed by atoms with Gasteiger partial charge in [-0.25, -0.2) is 9.97 Å². The standard InChI is InChI=1S/C11H11N5/c1-3-9-14-15-11-7(2)13-10-8(16(9)11)5-4-6-12-10/h4-6H,3H2,1-2H3. The molecule has 0 aromatic carbocycles. The second kappa shape index (κ2) is 3.23. The van der Waals surface area contributed by atoms with Gasteiger partial charge in [-0.2, -0.15) is 0 Å². The van der Waals surface area contributed by atoms with Gasteiger partial charge in [-0.05, 0) is 19.1 Å². The highest BCUT2D eigenvalue weighted by Gasteiger charge is 2.11. The van der Waals surface area contributed by atoms with Crippen molar-refractivity contribution in [2.24, 2.45) is 0 Å². The molecule has 0 saturated carbocycles. The highest BCUT2D eigenvalue weighted by Crippen LogP contribution is 2.16. The van der Waals surface area contributed by atoms with E-state index in [1.54, 1.807) is 6.20 Å². The lowest BCUT2D eigenvalue weighted by Crippen LogP contribution is -1.99. The molecule has 5 heteroatoms. The molecule has 0 amide bonds. The summed E-state index contributed by atoms with van der Waals surface area (Å²) in [7, 11) is 0. The first-order valence-corrected chi connectivity index (χ1v) is 5.26. The normalized spacial score (nSPS) is 11.4. The van der Waals surface area contributed by atoms with Crippen LogP contribution >= 0.6 is 0 Å². The molecule has 0 unspecified atom stereocenters. The highest BCUT2D eigenvalue weighted by atomic mass is 15.3. The fraction of sp³-hybridized carbons (Fsp3) is 0.273. The lowest BCUT2D eigenvalue weighted by molar-refractivity contribution is 0.920. The van der Waals surface area contributed by atoms with Crippen LogP contribution in [0.25, 0.3) is 16.8 Å². The highest BCUT2D eigenvalue weighted by molar-refractivity contribution is 5.74. The summed E-state index contributed by atoms with van der Waals surface area (Å²) >= 11 is 0. The molecule has 0 atom stereocenters. The second-order valence-electron chi connectivity index (χ2n) is 3.67. The number of rotatable bonds is 1. The van der Waals surface area contributed by atoms with E-state index in [4.69, 9.17) is 0 Å². The minimum Gasteiger partial charge on any atom is -0.274 e. The molecule has 5 nitrogen and oxygen atoms in total. The van der Waals surface area contributed by atoms with Crippen LogP contribution in [-0.2, 0) is 6.42 Å². The van der Waals surface area contributed by atoms with Crippen LogP contribution in [0.15, 0.2) is 18.3 Å². The third kappa shape index (κ3) is 1.11. The van der Waals surface area contributed by atoms with E-state index in [1.165, 1.54) is 0 Å². The second-order valence-corrected chi connectivity index (χ2v) is 3.67. The largest absolute Gasteiger partial charge is 0.274 e. The predicted molar refractivity (Wildman–Crippen MR) is 60.2 cm³/mol. The summed E-state index contributed by atoms with van der Waals surface area (Å²) in [6.45, 7) is 3.99. The molecule has 3 aromatic heterocycles. The van der Waals surface area contributed by atoms with E-state index in [0.717, 1.165) is 34.8 Å². The number of aromatic nitrogens is 5. The lowest BCUT2D eigenvalue weighted by atomic mass is 10.3. The van der Waals surface area contributed by atoms with Gasteiger partial charge in [0.15, 0.2) is 11.3 Å². The van der Waals surface area contributed by atoms with Crippen molar-refractivity contribution in [2.45, 2.75) is 20.3 Å². The van der Waals surface area contributed by atoms with Gasteiger partial charge in [0.2, 0.25) is 0 Å². The van der Waals surface area contributed by atoms with Crippen LogP contribution in [0.5, 0.6) is 0 Å². The van der Waals surface area contributed by atoms with Crippen LogP contribution in [0.2, 0.25) is 0 Å². The molecule has 0 saturated heterocycles. The topological polar surface area (TPSA) is 56.0 Å². The SMILES string of the molecule is CCc1nnc2c(C)nc3ncccc3n12. The van der Waals surface area contributed by atoms with Gasteiger partial charge in [0.05, 0.1) is 11.2 Å². The Labute approximate surface area is 92.2 Å². The Morgan fingerprint density at radius 3 is 3.00 bits per heavy atom. The van der Waals surface area contributed by atoms with E-state index in [-0.39, 0.29) is 0 Å². The molecular formula is C11H11N5. The van der Waals surface area contributed by atoms with Gasteiger partial charge in [0.25, 0.3) is 0 Å². The number of pyridine rings is 1. The molecule has 0 aliphatic carbocycles. The smallest absolute Gasteiger partial charge is 0.182 e. The van der Waals surface area contributed by atoms with Crippen molar-refractivity contribution >= 4 is 16.8 Å². The van der Waals surface area contributed by atoms with E-state index < -0.39 is 0 Å². The van der Waals surface area contributed by atoms with E-state index >= 15 is 0 Å². The average Bonchev–Trinajstić information content (AvgIpc) is 2.74. The van der Waals surface area contributed by atoms with Gasteiger partial charge in [-0.3, -0.25) is 4.40 Å². The molecular weight excluding hydrogens is 202 g/mol. The summed E-state index contributed by atoms with van der Waals surface area (Å²) in [5, 5.41) is 8.33. The van der Waals surface area contributed by atoms with E-state index in [2.05, 4.69) is 27.1 Å². The zero-order chi connectivity index (χ0) is 11.1. The monoisotopic (exact) mass is 213 g/mol. The van der Waals surface area contributed by atoms with Crippen molar-refractivity contribution in [2.75, 3.05) is 0 Å². The van der Waals surface area contributed by atoms with Gasteiger partial charge in [0, 0.05) is 12.6 Å². The van der Waals surface area contributed by atoms with Crippen LogP contribution in [0.1, 0.15) is 18.4 Å². The quantitative estimate of drug-likeness (QED) is 0.615. The van der Waals surface area contributed by atoms with Crippen LogP contribution in [0.4, 0.5) is 0 Å². The van der Waals surface area contributed by atoms with E-state index in [9.17, 15) is 0 Å². The van der Waals surface area contributed by atoms with Gasteiger partial charge in [-0.1, -0.05) is 6.92 Å². The van der Waals surface area contributed by atoms with Crippen molar-refractivity contribution in [1.82, 2.24) is 24.6 Å². The average molecular weight is 213 g/mol. The Morgan fingerprint density at radius 1 is 1.31 bits per heavy atom. The van der Waals surface area contributed by atoms with Crippen LogP contribution in [-0.4, -0.2) is 24.6 Å². The molecule has 0 radical (unpaired) electrons. The number of hydrogen-bond donors (Lipinski definition) is 0. The third-order valence-electron chi connectivity index (χ3n) is 2.65. The zero-order valence-electron chi connectivity index (χ0n) is 9.18. The van der Waals surface area contributed by atoms with Gasteiger partial charge in [0.1, 0.15) is 5.82 Å². The van der Waals surface area contributed by atoms with Crippen LogP contribution in [0, 0.1) is 6.92 Å². The molecule has 3 rings (SSSR count). The fourth-order valence-corrected chi connectivity index (χ4v) is 1.89. The Hall–Kier alpha value is -2.04. The number of aryl methyl sites for hydroxylation is 2. The summed E-state index contributed by atoms with van der Waals surface area (Å²) in [4.78, 5) is 8.68. The first-order chi connectivity index (χ1) is 7.81. The molecule has 0 aliphatic heterocycles. The first kappa shape index (κ1) is 9.21. The molecule has 0 spiro atoms. The summed E-state index contributed by atoms with van der Waals surface area (Å²) in [5.41, 5.74) is 3.38. The summed E-state index contributed by atoms with van der Waals surface area (Å²) in [5.74, 6) is 0.943. The van der Waals surface area contributed by atoms with Crippen molar-refractivity contribution in [1.29, 1.82) is 0 Å². The molecule has 0 aliphatic rings. The van der Waals surface area contributed by atoms with Crippen molar-refractivity contribution in [3.05, 3.63) is 29.8 Å². The minimum atomic E-state index is 0.738. The van der Waals surface area contributed by atoms with Crippen molar-refractivity contribution in [3.8, 4) is 0 Å². The Balaban J connectivity index is 2.59. The maximum Gasteiger partial charge on any atom is 0.182 e. The molecule has 16 heavy (non-hydrogen) atoms. The molecule has 80 valence electrons. The Morgan fingerprint density at radius 2 is 2.19 bits per heavy atom. The van der Waals surface area contributed by atoms with Gasteiger partial charge >= 0.3 is 0 Å². The number of nitrogens with zero attached hydrogens (tertiary/aromatic N) is 5. The van der Waals surface area contributed by atoms with Crippen molar-refractivity contribution < 1.29 is 0 Å². The maximum atomic E-state index is 4.42. The first-order valence-electron chi connectivity index (χ1n) is 5.26. The summed E-state index contributed by atoms with van der Waals surface area (Å²) < 4.78 is 2.03. The predicted octanol–water partition coefficient (Wildman–Crippen LogP) is 1.54. The fourth-order valence-electron chi connectivity index (χ4n) is 1.89. The van der Waals surface area contributed by atoms with Gasteiger partial charge < -0.3 is 0 Å². The Kier molecular flexibility index (Phi) is 1.86. The lowest BCUT2D eigenvalue weighted by Gasteiger charge is -2.03. The van der Waals surface area contributed by atoms with Gasteiger partial charge in [-0.15, -0.1) is 10.2 Å². The Bertz CT molecular complexity index is 670. The molecule has 0 bridgehead atoms. The van der Waals surface area contributed by atoms with E-state index in [0.29, 0.717) is 0 Å². The van der Waals surface area contributed by atoms with Crippen molar-refractivity contribution in [3.63, 3.8) is 0 Å². The molecule has 3 aromatic rings. The molecule has 0 fully saturated rings. The van der Waals surface area contributed by atoms with Crippen LogP contribution in [0.3, 0.4) is 0 Å². The minimum absolute atomic E-state index is 0.738. The molecule has 3 heterocycles. The van der Waals surface area contributed by atoms with E-state index in [1.807, 2.05) is 23.5 Å². The number of hydrogen-bond acceptors (Lipinski definition) is 4. The maximum absolute atomic E-state index is 4.42. The summed E-state index contributed by atoms with van der Waals surface area (Å²) in [6, 6.07) is 3.89. The zero-order valence-corrected chi connectivity index (χ0v) is 9.18. The number of fused-ring (bicyclic) bond motifs is 3. The third-order valence-corrected chi connectivity index (χ3v) is 2.65.